The Labute approximate surface area is 98.9 Å². The third kappa shape index (κ3) is 2.80. The predicted octanol–water partition coefficient (Wildman–Crippen LogP) is 1.97. The summed E-state index contributed by atoms with van der Waals surface area (Å²) in [4.78, 5) is 17.5. The summed E-state index contributed by atoms with van der Waals surface area (Å²) in [6, 6.07) is -0.327. The molecule has 2 rings (SSSR count). The van der Waals surface area contributed by atoms with Crippen molar-refractivity contribution in [2.45, 2.75) is 38.3 Å². The molecule has 0 saturated carbocycles. The number of aromatic nitrogens is 1. The molecule has 0 aromatic carbocycles. The molecule has 1 aromatic heterocycles. The fraction of sp³-hybridized carbons (Fsp3) is 0.636. The van der Waals surface area contributed by atoms with Crippen LogP contribution in [0.15, 0.2) is 11.6 Å². The summed E-state index contributed by atoms with van der Waals surface area (Å²) in [5.41, 5.74) is 0. The second-order valence-electron chi connectivity index (χ2n) is 4.10. The lowest BCUT2D eigenvalue weighted by Crippen LogP contribution is -2.40. The Kier molecular flexibility index (Phi) is 3.90. The van der Waals surface area contributed by atoms with E-state index in [1.807, 2.05) is 10.3 Å². The van der Waals surface area contributed by atoms with Crippen LogP contribution in [0.2, 0.25) is 0 Å². The van der Waals surface area contributed by atoms with E-state index in [1.54, 1.807) is 17.5 Å². The highest BCUT2D eigenvalue weighted by atomic mass is 32.1. The number of likely N-dealkylation sites (tertiary alicyclic amines) is 1. The quantitative estimate of drug-likeness (QED) is 0.877. The van der Waals surface area contributed by atoms with Crippen molar-refractivity contribution in [3.63, 3.8) is 0 Å². The summed E-state index contributed by atoms with van der Waals surface area (Å²) in [6.07, 6.45) is 5.78. The van der Waals surface area contributed by atoms with Gasteiger partial charge in [-0.2, -0.15) is 0 Å². The highest BCUT2D eigenvalue weighted by Crippen LogP contribution is 2.20. The van der Waals surface area contributed by atoms with Crippen LogP contribution in [0.1, 0.15) is 30.7 Å². The summed E-state index contributed by atoms with van der Waals surface area (Å²) in [7, 11) is 0. The molecule has 0 spiro atoms. The minimum atomic E-state index is -0.696. The molecule has 1 atom stereocenters. The minimum absolute atomic E-state index is 0.327. The third-order valence-electron chi connectivity index (χ3n) is 2.97. The highest BCUT2D eigenvalue weighted by Gasteiger charge is 2.27. The fourth-order valence-electron chi connectivity index (χ4n) is 2.14. The summed E-state index contributed by atoms with van der Waals surface area (Å²) in [6.45, 7) is 1.55. The minimum Gasteiger partial charge on any atom is -0.480 e. The molecule has 1 N–H and O–H groups in total. The van der Waals surface area contributed by atoms with E-state index in [4.69, 9.17) is 0 Å². The van der Waals surface area contributed by atoms with Crippen LogP contribution in [-0.4, -0.2) is 33.5 Å². The van der Waals surface area contributed by atoms with E-state index in [2.05, 4.69) is 4.98 Å². The number of nitrogens with zero attached hydrogens (tertiary/aromatic N) is 2. The van der Waals surface area contributed by atoms with Crippen LogP contribution < -0.4 is 0 Å². The van der Waals surface area contributed by atoms with E-state index in [1.165, 1.54) is 0 Å². The van der Waals surface area contributed by atoms with Crippen molar-refractivity contribution in [1.82, 2.24) is 9.88 Å². The van der Waals surface area contributed by atoms with Gasteiger partial charge in [0.1, 0.15) is 11.0 Å². The largest absolute Gasteiger partial charge is 0.480 e. The van der Waals surface area contributed by atoms with Crippen LogP contribution in [0.25, 0.3) is 0 Å². The average Bonchev–Trinajstić information content (AvgIpc) is 2.63. The van der Waals surface area contributed by atoms with Gasteiger partial charge < -0.3 is 5.11 Å². The summed E-state index contributed by atoms with van der Waals surface area (Å²) >= 11 is 1.59. The number of carboxylic acid groups (broad SMARTS) is 1. The molecule has 1 aromatic rings. The maximum absolute atomic E-state index is 11.2. The number of carbonyl (C=O) groups is 1. The molecule has 5 heteroatoms. The topological polar surface area (TPSA) is 53.4 Å². The molecule has 0 aliphatic carbocycles. The number of hydrogen-bond acceptors (Lipinski definition) is 4. The van der Waals surface area contributed by atoms with Crippen molar-refractivity contribution in [2.75, 3.05) is 6.54 Å². The van der Waals surface area contributed by atoms with Gasteiger partial charge >= 0.3 is 5.97 Å². The molecular weight excluding hydrogens is 224 g/mol. The maximum atomic E-state index is 11.2. The van der Waals surface area contributed by atoms with Crippen molar-refractivity contribution in [2.24, 2.45) is 0 Å². The van der Waals surface area contributed by atoms with E-state index >= 15 is 0 Å². The number of thiazole rings is 1. The molecule has 88 valence electrons. The fourth-order valence-corrected chi connectivity index (χ4v) is 2.78. The lowest BCUT2D eigenvalue weighted by atomic mass is 10.1. The molecule has 0 bridgehead atoms. The number of rotatable bonds is 3. The van der Waals surface area contributed by atoms with Crippen LogP contribution >= 0.6 is 11.3 Å². The molecule has 1 aliphatic rings. The third-order valence-corrected chi connectivity index (χ3v) is 3.73. The zero-order valence-corrected chi connectivity index (χ0v) is 9.95. The Morgan fingerprint density at radius 2 is 2.44 bits per heavy atom. The number of aliphatic carboxylic acids is 1. The molecule has 1 saturated heterocycles. The molecule has 1 fully saturated rings. The summed E-state index contributed by atoms with van der Waals surface area (Å²) in [5.74, 6) is -0.696. The lowest BCUT2D eigenvalue weighted by Gasteiger charge is -2.25. The zero-order valence-electron chi connectivity index (χ0n) is 9.13. The summed E-state index contributed by atoms with van der Waals surface area (Å²) in [5, 5.41) is 12.1. The van der Waals surface area contributed by atoms with Crippen LogP contribution in [0.5, 0.6) is 0 Å². The van der Waals surface area contributed by atoms with Crippen molar-refractivity contribution in [1.29, 1.82) is 0 Å². The first-order valence-electron chi connectivity index (χ1n) is 5.62. The van der Waals surface area contributed by atoms with Gasteiger partial charge in [-0.3, -0.25) is 9.69 Å². The first-order valence-corrected chi connectivity index (χ1v) is 6.50. The monoisotopic (exact) mass is 240 g/mol. The van der Waals surface area contributed by atoms with Gasteiger partial charge in [0, 0.05) is 11.6 Å². The van der Waals surface area contributed by atoms with Gasteiger partial charge in [0.25, 0.3) is 0 Å². The summed E-state index contributed by atoms with van der Waals surface area (Å²) < 4.78 is 0. The second kappa shape index (κ2) is 5.41. The van der Waals surface area contributed by atoms with Gasteiger partial charge in [0.2, 0.25) is 0 Å². The number of carboxylic acids is 1. The van der Waals surface area contributed by atoms with Crippen LogP contribution in [0, 0.1) is 0 Å². The molecule has 1 aliphatic heterocycles. The van der Waals surface area contributed by atoms with Crippen LogP contribution in [-0.2, 0) is 11.3 Å². The van der Waals surface area contributed by atoms with E-state index in [9.17, 15) is 9.90 Å². The smallest absolute Gasteiger partial charge is 0.320 e. The predicted molar refractivity (Wildman–Crippen MR) is 62.4 cm³/mol. The zero-order chi connectivity index (χ0) is 11.4. The Balaban J connectivity index is 2.05. The molecule has 1 unspecified atom stereocenters. The van der Waals surface area contributed by atoms with E-state index in [0.29, 0.717) is 6.54 Å². The Morgan fingerprint density at radius 3 is 3.12 bits per heavy atom. The van der Waals surface area contributed by atoms with Gasteiger partial charge in [0.15, 0.2) is 0 Å². The number of hydrogen-bond donors (Lipinski definition) is 1. The maximum Gasteiger partial charge on any atom is 0.320 e. The van der Waals surface area contributed by atoms with E-state index in [-0.39, 0.29) is 6.04 Å². The molecule has 2 heterocycles. The highest BCUT2D eigenvalue weighted by molar-refractivity contribution is 7.09. The van der Waals surface area contributed by atoms with Crippen molar-refractivity contribution in [3.05, 3.63) is 16.6 Å². The average molecular weight is 240 g/mol. The Bertz CT molecular complexity index is 340. The van der Waals surface area contributed by atoms with Crippen LogP contribution in [0.3, 0.4) is 0 Å². The van der Waals surface area contributed by atoms with E-state index in [0.717, 1.165) is 37.2 Å². The first kappa shape index (κ1) is 11.5. The van der Waals surface area contributed by atoms with Gasteiger partial charge in [0.05, 0.1) is 6.54 Å². The van der Waals surface area contributed by atoms with Gasteiger partial charge in [-0.15, -0.1) is 11.3 Å². The molecule has 0 amide bonds. The molecule has 16 heavy (non-hydrogen) atoms. The van der Waals surface area contributed by atoms with Gasteiger partial charge in [-0.05, 0) is 19.4 Å². The normalized spacial score (nSPS) is 22.9. The Morgan fingerprint density at radius 1 is 1.56 bits per heavy atom. The van der Waals surface area contributed by atoms with Crippen molar-refractivity contribution < 1.29 is 9.90 Å². The van der Waals surface area contributed by atoms with Gasteiger partial charge in [-0.1, -0.05) is 12.8 Å². The Hall–Kier alpha value is -0.940. The molecular formula is C11H16N2O2S. The SMILES string of the molecule is O=C(O)C1CCCCCN1Cc1nccs1. The van der Waals surface area contributed by atoms with Crippen LogP contribution in [0.4, 0.5) is 0 Å². The molecule has 4 nitrogen and oxygen atoms in total. The van der Waals surface area contributed by atoms with Crippen molar-refractivity contribution in [3.8, 4) is 0 Å². The van der Waals surface area contributed by atoms with Crippen molar-refractivity contribution >= 4 is 17.3 Å². The molecule has 0 radical (unpaired) electrons. The first-order chi connectivity index (χ1) is 7.77. The second-order valence-corrected chi connectivity index (χ2v) is 5.08. The van der Waals surface area contributed by atoms with Gasteiger partial charge in [-0.25, -0.2) is 4.98 Å². The van der Waals surface area contributed by atoms with E-state index < -0.39 is 5.97 Å². The lowest BCUT2D eigenvalue weighted by molar-refractivity contribution is -0.143. The standard InChI is InChI=1S/C11H16N2O2S/c14-11(15)9-4-2-1-3-6-13(9)8-10-12-5-7-16-10/h5,7,9H,1-4,6,8H2,(H,14,15).